The maximum atomic E-state index is 12.7. The highest BCUT2D eigenvalue weighted by molar-refractivity contribution is 6.30. The number of carbonyl (C=O) groups is 1. The van der Waals surface area contributed by atoms with Gasteiger partial charge in [0, 0.05) is 29.0 Å². The van der Waals surface area contributed by atoms with Gasteiger partial charge in [0.1, 0.15) is 11.5 Å². The highest BCUT2D eigenvalue weighted by Gasteiger charge is 2.17. The molecule has 0 fully saturated rings. The van der Waals surface area contributed by atoms with Gasteiger partial charge in [0.2, 0.25) is 0 Å². The summed E-state index contributed by atoms with van der Waals surface area (Å²) in [5.74, 6) is 0.503. The van der Waals surface area contributed by atoms with E-state index in [0.29, 0.717) is 16.8 Å². The summed E-state index contributed by atoms with van der Waals surface area (Å²) >= 11 is 6.03. The van der Waals surface area contributed by atoms with Crippen LogP contribution in [0.25, 0.3) is 11.1 Å². The molecule has 0 saturated carbocycles. The van der Waals surface area contributed by atoms with Gasteiger partial charge in [-0.2, -0.15) is 0 Å². The second-order valence-electron chi connectivity index (χ2n) is 7.40. The van der Waals surface area contributed by atoms with Crippen LogP contribution in [0.3, 0.4) is 0 Å². The molecule has 4 N–H and O–H groups in total. The minimum Gasteiger partial charge on any atom is -0.394 e. The predicted molar refractivity (Wildman–Crippen MR) is 121 cm³/mol. The van der Waals surface area contributed by atoms with Crippen molar-refractivity contribution in [2.24, 2.45) is 0 Å². The maximum absolute atomic E-state index is 12.7. The molecule has 2 atom stereocenters. The van der Waals surface area contributed by atoms with Crippen molar-refractivity contribution in [1.82, 2.24) is 15.3 Å². The Kier molecular flexibility index (Phi) is 7.13. The summed E-state index contributed by atoms with van der Waals surface area (Å²) in [5, 5.41) is 16.5. The summed E-state index contributed by atoms with van der Waals surface area (Å²) in [5.41, 5.74) is 4.08. The van der Waals surface area contributed by atoms with E-state index in [9.17, 15) is 9.90 Å². The predicted octanol–water partition coefficient (Wildman–Crippen LogP) is 4.71. The summed E-state index contributed by atoms with van der Waals surface area (Å²) in [4.78, 5) is 20.2. The van der Waals surface area contributed by atoms with Gasteiger partial charge in [-0.15, -0.1) is 0 Å². The van der Waals surface area contributed by atoms with Gasteiger partial charge in [0.25, 0.3) is 5.91 Å². The van der Waals surface area contributed by atoms with Crippen molar-refractivity contribution in [3.63, 3.8) is 0 Å². The number of benzene rings is 1. The lowest BCUT2D eigenvalue weighted by Crippen LogP contribution is -2.31. The van der Waals surface area contributed by atoms with Gasteiger partial charge in [-0.25, -0.2) is 4.98 Å². The normalized spacial score (nSPS) is 13.0. The fourth-order valence-electron chi connectivity index (χ4n) is 3.14. The minimum absolute atomic E-state index is 0.228. The van der Waals surface area contributed by atoms with Crippen LogP contribution >= 0.6 is 11.6 Å². The van der Waals surface area contributed by atoms with Crippen LogP contribution in [-0.4, -0.2) is 33.6 Å². The summed E-state index contributed by atoms with van der Waals surface area (Å²) in [7, 11) is 0. The molecule has 0 bridgehead atoms. The molecule has 0 radical (unpaired) electrons. The number of aliphatic hydroxyl groups is 1. The van der Waals surface area contributed by atoms with E-state index in [2.05, 4.69) is 34.4 Å². The Labute approximate surface area is 181 Å². The molecule has 30 heavy (non-hydrogen) atoms. The van der Waals surface area contributed by atoms with Gasteiger partial charge in [-0.3, -0.25) is 4.79 Å². The smallest absolute Gasteiger partial charge is 0.268 e. The first-order chi connectivity index (χ1) is 14.4. The number of halogens is 1. The number of nitrogens with zero attached hydrogens (tertiary/aromatic N) is 1. The number of hydrogen-bond acceptors (Lipinski definition) is 4. The second-order valence-corrected chi connectivity index (χ2v) is 7.84. The van der Waals surface area contributed by atoms with Gasteiger partial charge >= 0.3 is 0 Å². The number of aryl methyl sites for hydroxylation is 1. The van der Waals surface area contributed by atoms with Gasteiger partial charge in [0.05, 0.1) is 12.6 Å². The summed E-state index contributed by atoms with van der Waals surface area (Å²) < 4.78 is 0. The van der Waals surface area contributed by atoms with Gasteiger partial charge in [-0.05, 0) is 61.2 Å². The molecule has 2 heterocycles. The Balaban J connectivity index is 1.78. The Bertz CT molecular complexity index is 1020. The number of amides is 1. The Hall–Kier alpha value is -2.83. The number of H-pyrrole nitrogens is 1. The third kappa shape index (κ3) is 5.20. The summed E-state index contributed by atoms with van der Waals surface area (Å²) in [6, 6.07) is 10.7. The number of pyridine rings is 1. The van der Waals surface area contributed by atoms with Crippen LogP contribution in [0.2, 0.25) is 5.02 Å². The van der Waals surface area contributed by atoms with Gasteiger partial charge in [-0.1, -0.05) is 30.7 Å². The average Bonchev–Trinajstić information content (AvgIpc) is 3.23. The van der Waals surface area contributed by atoms with Crippen LogP contribution in [0.5, 0.6) is 0 Å². The van der Waals surface area contributed by atoms with Crippen LogP contribution in [0, 0.1) is 6.92 Å². The lowest BCUT2D eigenvalue weighted by Gasteiger charge is -2.16. The van der Waals surface area contributed by atoms with E-state index in [4.69, 9.17) is 11.6 Å². The topological polar surface area (TPSA) is 90.0 Å². The fraction of sp³-hybridized carbons (Fsp3) is 0.304. The molecule has 0 aliphatic rings. The van der Waals surface area contributed by atoms with Crippen molar-refractivity contribution in [1.29, 1.82) is 0 Å². The molecule has 0 aliphatic carbocycles. The Morgan fingerprint density at radius 3 is 2.80 bits per heavy atom. The van der Waals surface area contributed by atoms with Crippen molar-refractivity contribution < 1.29 is 9.90 Å². The average molecular weight is 427 g/mol. The summed E-state index contributed by atoms with van der Waals surface area (Å²) in [6.07, 6.45) is 4.63. The van der Waals surface area contributed by atoms with E-state index < -0.39 is 6.04 Å². The number of aliphatic hydroxyl groups excluding tert-OH is 1. The lowest BCUT2D eigenvalue weighted by atomic mass is 10.0. The highest BCUT2D eigenvalue weighted by Crippen LogP contribution is 2.27. The number of aromatic nitrogens is 2. The van der Waals surface area contributed by atoms with E-state index in [0.717, 1.165) is 34.5 Å². The molecular weight excluding hydrogens is 400 g/mol. The first-order valence-electron chi connectivity index (χ1n) is 10.0. The number of nitrogens with one attached hydrogen (secondary N) is 3. The van der Waals surface area contributed by atoms with Gasteiger partial charge < -0.3 is 20.7 Å². The largest absolute Gasteiger partial charge is 0.394 e. The molecule has 2 aromatic heterocycles. The third-order valence-corrected chi connectivity index (χ3v) is 5.32. The van der Waals surface area contributed by atoms with Crippen LogP contribution < -0.4 is 10.6 Å². The number of aromatic amines is 1. The standard InChI is InChI=1S/C23H27ClN4O2/c1-4-15(3)27-22-10-19(14(2)11-26-22)17-9-20(25-12-17)23(30)28-21(13-29)16-6-5-7-18(24)8-16/h5-12,15,21,25,29H,4,13H2,1-3H3,(H,26,27)(H,28,30)/t15-,21+/m0/s1. The first-order valence-corrected chi connectivity index (χ1v) is 10.4. The maximum Gasteiger partial charge on any atom is 0.268 e. The molecular formula is C23H27ClN4O2. The van der Waals surface area contributed by atoms with Crippen molar-refractivity contribution >= 4 is 23.3 Å². The van der Waals surface area contributed by atoms with Crippen molar-refractivity contribution in [2.75, 3.05) is 11.9 Å². The SMILES string of the molecule is CC[C@H](C)Nc1cc(-c2c[nH]c(C(=O)N[C@H](CO)c3cccc(Cl)c3)c2)c(C)cn1. The lowest BCUT2D eigenvalue weighted by molar-refractivity contribution is 0.0912. The number of rotatable bonds is 8. The van der Waals surface area contributed by atoms with E-state index in [1.165, 1.54) is 0 Å². The van der Waals surface area contributed by atoms with Crippen molar-refractivity contribution in [3.8, 4) is 11.1 Å². The third-order valence-electron chi connectivity index (χ3n) is 5.09. The van der Waals surface area contributed by atoms with Crippen LogP contribution in [0.1, 0.15) is 47.9 Å². The van der Waals surface area contributed by atoms with E-state index in [-0.39, 0.29) is 12.5 Å². The van der Waals surface area contributed by atoms with Crippen LogP contribution in [-0.2, 0) is 0 Å². The molecule has 0 unspecified atom stereocenters. The van der Waals surface area contributed by atoms with E-state index in [1.807, 2.05) is 25.3 Å². The molecule has 0 spiro atoms. The molecule has 158 valence electrons. The van der Waals surface area contributed by atoms with Gasteiger partial charge in [0.15, 0.2) is 0 Å². The zero-order valence-corrected chi connectivity index (χ0v) is 18.1. The molecule has 0 saturated heterocycles. The number of carbonyl (C=O) groups excluding carboxylic acids is 1. The minimum atomic E-state index is -0.544. The van der Waals surface area contributed by atoms with E-state index in [1.54, 1.807) is 30.5 Å². The molecule has 7 heteroatoms. The van der Waals surface area contributed by atoms with Crippen molar-refractivity contribution in [3.05, 3.63) is 70.6 Å². The van der Waals surface area contributed by atoms with Crippen LogP contribution in [0.15, 0.2) is 48.8 Å². The monoisotopic (exact) mass is 426 g/mol. The molecule has 3 rings (SSSR count). The zero-order valence-electron chi connectivity index (χ0n) is 17.4. The highest BCUT2D eigenvalue weighted by atomic mass is 35.5. The molecule has 6 nitrogen and oxygen atoms in total. The summed E-state index contributed by atoms with van der Waals surface area (Å²) in [6.45, 7) is 5.99. The molecule has 1 amide bonds. The zero-order chi connectivity index (χ0) is 21.7. The van der Waals surface area contributed by atoms with E-state index >= 15 is 0 Å². The number of anilines is 1. The van der Waals surface area contributed by atoms with Crippen molar-refractivity contribution in [2.45, 2.75) is 39.3 Å². The Morgan fingerprint density at radius 2 is 2.10 bits per heavy atom. The molecule has 0 aliphatic heterocycles. The first kappa shape index (κ1) is 21.9. The van der Waals surface area contributed by atoms with Crippen LogP contribution in [0.4, 0.5) is 5.82 Å². The quantitative estimate of drug-likeness (QED) is 0.419. The molecule has 3 aromatic rings. The second kappa shape index (κ2) is 9.78. The number of hydrogen-bond donors (Lipinski definition) is 4. The fourth-order valence-corrected chi connectivity index (χ4v) is 3.34. The molecule has 1 aromatic carbocycles. The Morgan fingerprint density at radius 1 is 1.30 bits per heavy atom.